The van der Waals surface area contributed by atoms with Crippen LogP contribution in [0.15, 0.2) is 0 Å². The van der Waals surface area contributed by atoms with Gasteiger partial charge in [0.25, 0.3) is 0 Å². The van der Waals surface area contributed by atoms with Gasteiger partial charge in [-0.2, -0.15) is 0 Å². The number of carbonyl (C=O) groups is 1. The van der Waals surface area contributed by atoms with E-state index < -0.39 is 0 Å². The Bertz CT molecular complexity index is 267. The Labute approximate surface area is 98.8 Å². The lowest BCUT2D eigenvalue weighted by Gasteiger charge is -2.21. The van der Waals surface area contributed by atoms with E-state index in [4.69, 9.17) is 0 Å². The molecule has 0 N–H and O–H groups in total. The SMILES string of the molecule is CC(=O)N1CC[C@H](CN(C)C[C@@H]2C[C@H]2C)C1. The van der Waals surface area contributed by atoms with Crippen molar-refractivity contribution in [3.8, 4) is 0 Å². The molecule has 0 aromatic heterocycles. The molecule has 0 bridgehead atoms. The topological polar surface area (TPSA) is 23.6 Å². The fourth-order valence-electron chi connectivity index (χ4n) is 2.84. The van der Waals surface area contributed by atoms with Gasteiger partial charge in [-0.15, -0.1) is 0 Å². The monoisotopic (exact) mass is 224 g/mol. The van der Waals surface area contributed by atoms with Gasteiger partial charge in [0.1, 0.15) is 0 Å². The molecule has 92 valence electrons. The molecule has 0 aromatic carbocycles. The number of hydrogen-bond donors (Lipinski definition) is 0. The van der Waals surface area contributed by atoms with Crippen LogP contribution < -0.4 is 0 Å². The smallest absolute Gasteiger partial charge is 0.219 e. The van der Waals surface area contributed by atoms with Crippen LogP contribution in [0.3, 0.4) is 0 Å². The first-order chi connectivity index (χ1) is 7.56. The van der Waals surface area contributed by atoms with Gasteiger partial charge in [0.2, 0.25) is 5.91 Å². The van der Waals surface area contributed by atoms with Crippen LogP contribution in [-0.2, 0) is 4.79 Å². The fraction of sp³-hybridized carbons (Fsp3) is 0.923. The molecule has 3 nitrogen and oxygen atoms in total. The Balaban J connectivity index is 1.68. The first-order valence-corrected chi connectivity index (χ1v) is 6.50. The van der Waals surface area contributed by atoms with Gasteiger partial charge in [0.15, 0.2) is 0 Å². The summed E-state index contributed by atoms with van der Waals surface area (Å²) in [6, 6.07) is 0. The van der Waals surface area contributed by atoms with Gasteiger partial charge in [0, 0.05) is 33.1 Å². The molecule has 1 saturated carbocycles. The Morgan fingerprint density at radius 2 is 2.12 bits per heavy atom. The molecule has 1 aliphatic heterocycles. The average molecular weight is 224 g/mol. The number of amides is 1. The molecule has 0 aromatic rings. The Morgan fingerprint density at radius 3 is 2.62 bits per heavy atom. The van der Waals surface area contributed by atoms with Crippen molar-refractivity contribution in [2.45, 2.75) is 26.7 Å². The number of rotatable bonds is 4. The molecule has 2 fully saturated rings. The van der Waals surface area contributed by atoms with E-state index in [0.717, 1.165) is 31.5 Å². The van der Waals surface area contributed by atoms with Crippen LogP contribution >= 0.6 is 0 Å². The maximum Gasteiger partial charge on any atom is 0.219 e. The second kappa shape index (κ2) is 4.74. The number of nitrogens with zero attached hydrogens (tertiary/aromatic N) is 2. The average Bonchev–Trinajstić information content (AvgIpc) is 2.72. The zero-order valence-corrected chi connectivity index (χ0v) is 10.8. The van der Waals surface area contributed by atoms with Crippen molar-refractivity contribution in [2.24, 2.45) is 17.8 Å². The van der Waals surface area contributed by atoms with E-state index in [1.807, 2.05) is 4.90 Å². The van der Waals surface area contributed by atoms with E-state index in [9.17, 15) is 4.79 Å². The van der Waals surface area contributed by atoms with E-state index >= 15 is 0 Å². The van der Waals surface area contributed by atoms with Crippen molar-refractivity contribution < 1.29 is 4.79 Å². The standard InChI is InChI=1S/C13H24N2O/c1-10-6-13(10)9-14(3)7-12-4-5-15(8-12)11(2)16/h10,12-13H,4-9H2,1-3H3/t10-,12-,13+/m1/s1. The lowest BCUT2D eigenvalue weighted by Crippen LogP contribution is -2.31. The normalized spacial score (nSPS) is 33.5. The molecule has 1 aliphatic carbocycles. The van der Waals surface area contributed by atoms with Gasteiger partial charge < -0.3 is 9.80 Å². The van der Waals surface area contributed by atoms with Crippen molar-refractivity contribution in [2.75, 3.05) is 33.2 Å². The highest BCUT2D eigenvalue weighted by atomic mass is 16.2. The van der Waals surface area contributed by atoms with Crippen molar-refractivity contribution in [3.05, 3.63) is 0 Å². The molecule has 3 atom stereocenters. The number of carbonyl (C=O) groups excluding carboxylic acids is 1. The first kappa shape index (κ1) is 11.9. The van der Waals surface area contributed by atoms with Gasteiger partial charge >= 0.3 is 0 Å². The molecule has 3 heteroatoms. The molecule has 2 aliphatic rings. The lowest BCUT2D eigenvalue weighted by atomic mass is 10.1. The van der Waals surface area contributed by atoms with Gasteiger partial charge in [0.05, 0.1) is 0 Å². The Hall–Kier alpha value is -0.570. The van der Waals surface area contributed by atoms with E-state index in [1.165, 1.54) is 19.4 Å². The zero-order valence-electron chi connectivity index (χ0n) is 10.8. The minimum absolute atomic E-state index is 0.237. The van der Waals surface area contributed by atoms with Crippen LogP contribution in [0.1, 0.15) is 26.7 Å². The summed E-state index contributed by atoms with van der Waals surface area (Å²) in [5, 5.41) is 0. The predicted octanol–water partition coefficient (Wildman–Crippen LogP) is 1.44. The molecular formula is C13H24N2O. The highest BCUT2D eigenvalue weighted by Crippen LogP contribution is 2.38. The lowest BCUT2D eigenvalue weighted by molar-refractivity contribution is -0.127. The van der Waals surface area contributed by atoms with Crippen LogP contribution in [0.4, 0.5) is 0 Å². The quantitative estimate of drug-likeness (QED) is 0.721. The molecule has 2 rings (SSSR count). The molecule has 0 radical (unpaired) electrons. The van der Waals surface area contributed by atoms with Crippen LogP contribution in [-0.4, -0.2) is 48.9 Å². The highest BCUT2D eigenvalue weighted by molar-refractivity contribution is 5.73. The van der Waals surface area contributed by atoms with Crippen molar-refractivity contribution >= 4 is 5.91 Å². The third kappa shape index (κ3) is 2.97. The van der Waals surface area contributed by atoms with Crippen LogP contribution in [0.2, 0.25) is 0 Å². The van der Waals surface area contributed by atoms with E-state index in [-0.39, 0.29) is 5.91 Å². The summed E-state index contributed by atoms with van der Waals surface area (Å²) in [5.74, 6) is 2.82. The molecule has 1 amide bonds. The second-order valence-corrected chi connectivity index (χ2v) is 5.81. The fourth-order valence-corrected chi connectivity index (χ4v) is 2.84. The minimum Gasteiger partial charge on any atom is -0.343 e. The number of likely N-dealkylation sites (tertiary alicyclic amines) is 1. The van der Waals surface area contributed by atoms with Gasteiger partial charge in [-0.05, 0) is 37.6 Å². The summed E-state index contributed by atoms with van der Waals surface area (Å²) in [6.45, 7) is 8.36. The van der Waals surface area contributed by atoms with E-state index in [1.54, 1.807) is 6.92 Å². The zero-order chi connectivity index (χ0) is 11.7. The van der Waals surface area contributed by atoms with Crippen molar-refractivity contribution in [1.29, 1.82) is 0 Å². The largest absolute Gasteiger partial charge is 0.343 e. The van der Waals surface area contributed by atoms with Crippen LogP contribution in [0, 0.1) is 17.8 Å². The van der Waals surface area contributed by atoms with E-state index in [0.29, 0.717) is 5.92 Å². The summed E-state index contributed by atoms with van der Waals surface area (Å²) >= 11 is 0. The van der Waals surface area contributed by atoms with Crippen molar-refractivity contribution in [1.82, 2.24) is 9.80 Å². The van der Waals surface area contributed by atoms with Gasteiger partial charge in [-0.3, -0.25) is 4.79 Å². The summed E-state index contributed by atoms with van der Waals surface area (Å²) in [5.41, 5.74) is 0. The Morgan fingerprint density at radius 1 is 1.44 bits per heavy atom. The summed E-state index contributed by atoms with van der Waals surface area (Å²) in [7, 11) is 2.22. The Kier molecular flexibility index (Phi) is 3.53. The summed E-state index contributed by atoms with van der Waals surface area (Å²) in [4.78, 5) is 15.7. The molecule has 0 spiro atoms. The van der Waals surface area contributed by atoms with Gasteiger partial charge in [-0.25, -0.2) is 0 Å². The molecule has 1 saturated heterocycles. The van der Waals surface area contributed by atoms with Crippen LogP contribution in [0.25, 0.3) is 0 Å². The molecule has 0 unspecified atom stereocenters. The summed E-state index contributed by atoms with van der Waals surface area (Å²) in [6.07, 6.45) is 2.60. The predicted molar refractivity (Wildman–Crippen MR) is 65.1 cm³/mol. The maximum absolute atomic E-state index is 11.2. The third-order valence-corrected chi connectivity index (χ3v) is 4.12. The molecular weight excluding hydrogens is 200 g/mol. The second-order valence-electron chi connectivity index (χ2n) is 5.81. The maximum atomic E-state index is 11.2. The van der Waals surface area contributed by atoms with Crippen molar-refractivity contribution in [3.63, 3.8) is 0 Å². The van der Waals surface area contributed by atoms with Gasteiger partial charge in [-0.1, -0.05) is 6.92 Å². The molecule has 16 heavy (non-hydrogen) atoms. The van der Waals surface area contributed by atoms with E-state index in [2.05, 4.69) is 18.9 Å². The minimum atomic E-state index is 0.237. The van der Waals surface area contributed by atoms with Crippen LogP contribution in [0.5, 0.6) is 0 Å². The summed E-state index contributed by atoms with van der Waals surface area (Å²) < 4.78 is 0. The first-order valence-electron chi connectivity index (χ1n) is 6.50. The third-order valence-electron chi connectivity index (χ3n) is 4.12. The highest BCUT2D eigenvalue weighted by Gasteiger charge is 2.34. The number of hydrogen-bond acceptors (Lipinski definition) is 2. The molecule has 1 heterocycles.